The highest BCUT2D eigenvalue weighted by molar-refractivity contribution is 5.73. The van der Waals surface area contributed by atoms with Gasteiger partial charge in [-0.2, -0.15) is 0 Å². The molecule has 0 radical (unpaired) electrons. The van der Waals surface area contributed by atoms with Gasteiger partial charge in [0.15, 0.2) is 0 Å². The van der Waals surface area contributed by atoms with E-state index in [2.05, 4.69) is 5.32 Å². The number of nitrogens with zero attached hydrogens (tertiary/aromatic N) is 1. The Morgan fingerprint density at radius 2 is 2.23 bits per heavy atom. The molecule has 2 rings (SSSR count). The summed E-state index contributed by atoms with van der Waals surface area (Å²) in [6.45, 7) is 4.71. The lowest BCUT2D eigenvalue weighted by molar-refractivity contribution is -0.128. The van der Waals surface area contributed by atoms with E-state index in [0.717, 1.165) is 19.6 Å². The molecule has 74 valence electrons. The summed E-state index contributed by atoms with van der Waals surface area (Å²) in [4.78, 5) is 13.2. The average Bonchev–Trinajstić information content (AvgIpc) is 2.38. The quantitative estimate of drug-likeness (QED) is 0.595. The Kier molecular flexibility index (Phi) is 2.54. The maximum Gasteiger partial charge on any atom is 0.219 e. The van der Waals surface area contributed by atoms with Crippen LogP contribution in [-0.4, -0.2) is 36.5 Å². The van der Waals surface area contributed by atoms with Gasteiger partial charge in [0.2, 0.25) is 5.91 Å². The summed E-state index contributed by atoms with van der Waals surface area (Å²) in [6.07, 6.45) is 3.91. The number of hydrogen-bond acceptors (Lipinski definition) is 2. The van der Waals surface area contributed by atoms with E-state index in [1.165, 1.54) is 19.3 Å². The number of rotatable bonds is 0. The molecule has 0 bridgehead atoms. The highest BCUT2D eigenvalue weighted by Crippen LogP contribution is 2.24. The second kappa shape index (κ2) is 3.66. The molecule has 2 aliphatic heterocycles. The van der Waals surface area contributed by atoms with E-state index in [4.69, 9.17) is 0 Å². The lowest BCUT2D eigenvalue weighted by Gasteiger charge is -2.14. The third kappa shape index (κ3) is 1.85. The van der Waals surface area contributed by atoms with Crippen LogP contribution in [-0.2, 0) is 4.79 Å². The largest absolute Gasteiger partial charge is 0.341 e. The maximum absolute atomic E-state index is 11.2. The maximum atomic E-state index is 11.2. The summed E-state index contributed by atoms with van der Waals surface area (Å²) in [6, 6.07) is 0.575. The summed E-state index contributed by atoms with van der Waals surface area (Å²) in [5.74, 6) is 0.946. The molecular formula is C10H18N2O. The van der Waals surface area contributed by atoms with Crippen molar-refractivity contribution in [3.8, 4) is 0 Å². The molecule has 0 aliphatic carbocycles. The molecule has 2 fully saturated rings. The smallest absolute Gasteiger partial charge is 0.219 e. The van der Waals surface area contributed by atoms with Crippen molar-refractivity contribution < 1.29 is 4.79 Å². The Bertz CT molecular complexity index is 191. The molecule has 2 saturated heterocycles. The summed E-state index contributed by atoms with van der Waals surface area (Å²) < 4.78 is 0. The zero-order chi connectivity index (χ0) is 9.26. The minimum Gasteiger partial charge on any atom is -0.341 e. The van der Waals surface area contributed by atoms with Gasteiger partial charge in [0.25, 0.3) is 0 Å². The van der Waals surface area contributed by atoms with Crippen molar-refractivity contribution in [2.45, 2.75) is 32.2 Å². The van der Waals surface area contributed by atoms with Gasteiger partial charge in [0, 0.05) is 26.1 Å². The Labute approximate surface area is 79.5 Å². The predicted molar refractivity (Wildman–Crippen MR) is 51.4 cm³/mol. The third-order valence-electron chi connectivity index (χ3n) is 3.29. The Morgan fingerprint density at radius 3 is 3.00 bits per heavy atom. The van der Waals surface area contributed by atoms with Gasteiger partial charge in [-0.05, 0) is 25.3 Å². The number of amides is 1. The van der Waals surface area contributed by atoms with Crippen LogP contribution in [0.15, 0.2) is 0 Å². The number of hydrogen-bond donors (Lipinski definition) is 1. The van der Waals surface area contributed by atoms with Crippen LogP contribution in [0.4, 0.5) is 0 Å². The summed E-state index contributed by atoms with van der Waals surface area (Å²) in [5, 5.41) is 3.53. The van der Waals surface area contributed by atoms with Crippen molar-refractivity contribution in [2.75, 3.05) is 19.6 Å². The number of likely N-dealkylation sites (tertiary alicyclic amines) is 1. The van der Waals surface area contributed by atoms with Crippen LogP contribution in [0, 0.1) is 5.92 Å². The monoisotopic (exact) mass is 182 g/mol. The zero-order valence-corrected chi connectivity index (χ0v) is 8.25. The normalized spacial score (nSPS) is 34.1. The zero-order valence-electron chi connectivity index (χ0n) is 8.25. The molecule has 0 aromatic heterocycles. The molecule has 3 nitrogen and oxygen atoms in total. The van der Waals surface area contributed by atoms with E-state index in [-0.39, 0.29) is 5.91 Å². The molecule has 1 N–H and O–H groups in total. The number of nitrogens with one attached hydrogen (secondary N) is 1. The third-order valence-corrected chi connectivity index (χ3v) is 3.29. The van der Waals surface area contributed by atoms with Gasteiger partial charge in [-0.3, -0.25) is 4.79 Å². The number of fused-ring (bicyclic) bond motifs is 1. The Morgan fingerprint density at radius 1 is 1.38 bits per heavy atom. The van der Waals surface area contributed by atoms with E-state index in [1.807, 2.05) is 4.90 Å². The van der Waals surface area contributed by atoms with Gasteiger partial charge in [0.1, 0.15) is 0 Å². The topological polar surface area (TPSA) is 32.3 Å². The standard InChI is InChI=1S/C10H18N2O/c1-8(13)12-6-9-4-2-3-5-11-10(9)7-12/h9-11H,2-7H2,1H3. The minimum atomic E-state index is 0.231. The van der Waals surface area contributed by atoms with Gasteiger partial charge >= 0.3 is 0 Å². The summed E-state index contributed by atoms with van der Waals surface area (Å²) in [7, 11) is 0. The summed E-state index contributed by atoms with van der Waals surface area (Å²) in [5.41, 5.74) is 0. The average molecular weight is 182 g/mol. The van der Waals surface area contributed by atoms with Crippen LogP contribution >= 0.6 is 0 Å². The van der Waals surface area contributed by atoms with Gasteiger partial charge in [-0.25, -0.2) is 0 Å². The van der Waals surface area contributed by atoms with Crippen LogP contribution in [0.5, 0.6) is 0 Å². The lowest BCUT2D eigenvalue weighted by Crippen LogP contribution is -2.35. The molecule has 2 heterocycles. The molecule has 13 heavy (non-hydrogen) atoms. The Hall–Kier alpha value is -0.570. The molecule has 3 heteroatoms. The van der Waals surface area contributed by atoms with Crippen LogP contribution in [0.3, 0.4) is 0 Å². The predicted octanol–water partition coefficient (Wildman–Crippen LogP) is 0.607. The summed E-state index contributed by atoms with van der Waals surface area (Å²) >= 11 is 0. The first-order chi connectivity index (χ1) is 6.27. The van der Waals surface area contributed by atoms with E-state index >= 15 is 0 Å². The molecule has 0 aromatic rings. The van der Waals surface area contributed by atoms with Crippen molar-refractivity contribution in [3.05, 3.63) is 0 Å². The molecule has 2 unspecified atom stereocenters. The molecule has 2 aliphatic rings. The fourth-order valence-electron chi connectivity index (χ4n) is 2.47. The number of carbonyl (C=O) groups excluding carboxylic acids is 1. The second-order valence-electron chi connectivity index (χ2n) is 4.24. The fraction of sp³-hybridized carbons (Fsp3) is 0.900. The van der Waals surface area contributed by atoms with Crippen LogP contribution in [0.25, 0.3) is 0 Å². The first-order valence-corrected chi connectivity index (χ1v) is 5.26. The highest BCUT2D eigenvalue weighted by atomic mass is 16.2. The number of carbonyl (C=O) groups is 1. The van der Waals surface area contributed by atoms with E-state index in [9.17, 15) is 4.79 Å². The van der Waals surface area contributed by atoms with Gasteiger partial charge in [0.05, 0.1) is 0 Å². The fourth-order valence-corrected chi connectivity index (χ4v) is 2.47. The lowest BCUT2D eigenvalue weighted by atomic mass is 9.99. The molecular weight excluding hydrogens is 164 g/mol. The van der Waals surface area contributed by atoms with Crippen molar-refractivity contribution >= 4 is 5.91 Å². The van der Waals surface area contributed by atoms with Crippen molar-refractivity contribution in [2.24, 2.45) is 5.92 Å². The molecule has 0 saturated carbocycles. The molecule has 0 spiro atoms. The SMILES string of the molecule is CC(=O)N1CC2CCCCNC2C1. The van der Waals surface area contributed by atoms with E-state index in [0.29, 0.717) is 12.0 Å². The van der Waals surface area contributed by atoms with Crippen molar-refractivity contribution in [1.29, 1.82) is 0 Å². The molecule has 0 aromatic carbocycles. The second-order valence-corrected chi connectivity index (χ2v) is 4.24. The van der Waals surface area contributed by atoms with Crippen molar-refractivity contribution in [3.63, 3.8) is 0 Å². The van der Waals surface area contributed by atoms with Crippen LogP contribution < -0.4 is 5.32 Å². The first kappa shape index (κ1) is 9.00. The molecule has 2 atom stereocenters. The Balaban J connectivity index is 1.97. The van der Waals surface area contributed by atoms with E-state index in [1.54, 1.807) is 6.92 Å². The van der Waals surface area contributed by atoms with Gasteiger partial charge in [-0.1, -0.05) is 6.42 Å². The van der Waals surface area contributed by atoms with E-state index < -0.39 is 0 Å². The van der Waals surface area contributed by atoms with Gasteiger partial charge in [-0.15, -0.1) is 0 Å². The highest BCUT2D eigenvalue weighted by Gasteiger charge is 2.33. The van der Waals surface area contributed by atoms with Gasteiger partial charge < -0.3 is 10.2 Å². The van der Waals surface area contributed by atoms with Crippen LogP contribution in [0.1, 0.15) is 26.2 Å². The van der Waals surface area contributed by atoms with Crippen LogP contribution in [0.2, 0.25) is 0 Å². The first-order valence-electron chi connectivity index (χ1n) is 5.26. The molecule has 1 amide bonds. The van der Waals surface area contributed by atoms with Crippen molar-refractivity contribution in [1.82, 2.24) is 10.2 Å². The minimum absolute atomic E-state index is 0.231.